The van der Waals surface area contributed by atoms with Gasteiger partial charge in [0.05, 0.1) is 12.7 Å². The fraction of sp³-hybridized carbons (Fsp3) is 0.875. The standard InChI is InChI=1S/C8H14N2O2/c11-7-10-3-1-9(2-4-10)5-8-6-12-8/h7-8H,1-6H2/t8-/m0/s1. The summed E-state index contributed by atoms with van der Waals surface area (Å²) >= 11 is 0. The summed E-state index contributed by atoms with van der Waals surface area (Å²) in [6.07, 6.45) is 1.41. The maximum absolute atomic E-state index is 10.4. The largest absolute Gasteiger partial charge is 0.372 e. The lowest BCUT2D eigenvalue weighted by atomic mass is 10.3. The quantitative estimate of drug-likeness (QED) is 0.409. The van der Waals surface area contributed by atoms with Gasteiger partial charge in [0, 0.05) is 32.7 Å². The Hall–Kier alpha value is -0.610. The van der Waals surface area contributed by atoms with Gasteiger partial charge in [-0.2, -0.15) is 0 Å². The fourth-order valence-electron chi connectivity index (χ4n) is 1.51. The molecule has 0 bridgehead atoms. The summed E-state index contributed by atoms with van der Waals surface area (Å²) in [5.41, 5.74) is 0. The molecule has 0 unspecified atom stereocenters. The third-order valence-electron chi connectivity index (χ3n) is 2.42. The van der Waals surface area contributed by atoms with E-state index in [0.717, 1.165) is 45.7 Å². The van der Waals surface area contributed by atoms with E-state index in [1.807, 2.05) is 4.90 Å². The van der Waals surface area contributed by atoms with E-state index >= 15 is 0 Å². The van der Waals surface area contributed by atoms with E-state index in [1.165, 1.54) is 0 Å². The van der Waals surface area contributed by atoms with Crippen molar-refractivity contribution in [3.63, 3.8) is 0 Å². The Balaban J connectivity index is 1.70. The lowest BCUT2D eigenvalue weighted by molar-refractivity contribution is -0.119. The van der Waals surface area contributed by atoms with E-state index in [9.17, 15) is 4.79 Å². The number of amides is 1. The minimum Gasteiger partial charge on any atom is -0.372 e. The molecular formula is C8H14N2O2. The number of hydrogen-bond acceptors (Lipinski definition) is 3. The zero-order chi connectivity index (χ0) is 8.39. The number of hydrogen-bond donors (Lipinski definition) is 0. The molecule has 0 aromatic carbocycles. The summed E-state index contributed by atoms with van der Waals surface area (Å²) in [5, 5.41) is 0. The van der Waals surface area contributed by atoms with Crippen LogP contribution in [0.15, 0.2) is 0 Å². The molecule has 2 aliphatic heterocycles. The normalized spacial score (nSPS) is 30.3. The first-order valence-electron chi connectivity index (χ1n) is 4.42. The predicted molar refractivity (Wildman–Crippen MR) is 43.8 cm³/mol. The second-order valence-electron chi connectivity index (χ2n) is 3.40. The van der Waals surface area contributed by atoms with Gasteiger partial charge in [-0.3, -0.25) is 9.69 Å². The van der Waals surface area contributed by atoms with Crippen molar-refractivity contribution in [2.24, 2.45) is 0 Å². The average molecular weight is 170 g/mol. The van der Waals surface area contributed by atoms with Crippen LogP contribution in [-0.4, -0.2) is 61.6 Å². The summed E-state index contributed by atoms with van der Waals surface area (Å²) in [7, 11) is 0. The van der Waals surface area contributed by atoms with Gasteiger partial charge in [0.15, 0.2) is 0 Å². The Morgan fingerprint density at radius 3 is 2.50 bits per heavy atom. The van der Waals surface area contributed by atoms with Crippen molar-refractivity contribution in [3.05, 3.63) is 0 Å². The van der Waals surface area contributed by atoms with Crippen molar-refractivity contribution < 1.29 is 9.53 Å². The molecule has 4 heteroatoms. The molecule has 0 saturated carbocycles. The minimum atomic E-state index is 0.479. The molecule has 2 fully saturated rings. The van der Waals surface area contributed by atoms with Crippen LogP contribution in [0.3, 0.4) is 0 Å². The first-order chi connectivity index (χ1) is 5.88. The Bertz CT molecular complexity index is 162. The van der Waals surface area contributed by atoms with Crippen molar-refractivity contribution in [3.8, 4) is 0 Å². The molecule has 2 heterocycles. The van der Waals surface area contributed by atoms with Crippen LogP contribution >= 0.6 is 0 Å². The van der Waals surface area contributed by atoms with Crippen LogP contribution in [0.25, 0.3) is 0 Å². The van der Waals surface area contributed by atoms with Gasteiger partial charge in [-0.1, -0.05) is 0 Å². The summed E-state index contributed by atoms with van der Waals surface area (Å²) < 4.78 is 5.14. The van der Waals surface area contributed by atoms with Crippen LogP contribution in [-0.2, 0) is 9.53 Å². The van der Waals surface area contributed by atoms with Crippen LogP contribution in [0.5, 0.6) is 0 Å². The maximum atomic E-state index is 10.4. The van der Waals surface area contributed by atoms with Gasteiger partial charge in [0.25, 0.3) is 0 Å². The van der Waals surface area contributed by atoms with Gasteiger partial charge < -0.3 is 9.64 Å². The minimum absolute atomic E-state index is 0.479. The highest BCUT2D eigenvalue weighted by atomic mass is 16.6. The third-order valence-corrected chi connectivity index (χ3v) is 2.42. The Labute approximate surface area is 72.1 Å². The van der Waals surface area contributed by atoms with Crippen molar-refractivity contribution in [1.82, 2.24) is 9.80 Å². The van der Waals surface area contributed by atoms with Crippen molar-refractivity contribution >= 4 is 6.41 Å². The topological polar surface area (TPSA) is 36.1 Å². The summed E-state index contributed by atoms with van der Waals surface area (Å²) in [6.45, 7) is 5.71. The lowest BCUT2D eigenvalue weighted by Gasteiger charge is -2.31. The molecule has 12 heavy (non-hydrogen) atoms. The number of carbonyl (C=O) groups excluding carboxylic acids is 1. The van der Waals surface area contributed by atoms with E-state index in [1.54, 1.807) is 0 Å². The summed E-state index contributed by atoms with van der Waals surface area (Å²) in [6, 6.07) is 0. The Kier molecular flexibility index (Phi) is 2.28. The number of rotatable bonds is 3. The van der Waals surface area contributed by atoms with E-state index in [2.05, 4.69) is 4.90 Å². The lowest BCUT2D eigenvalue weighted by Crippen LogP contribution is -2.46. The molecule has 1 atom stereocenters. The highest BCUT2D eigenvalue weighted by Crippen LogP contribution is 2.11. The molecule has 2 aliphatic rings. The van der Waals surface area contributed by atoms with Crippen LogP contribution in [0.4, 0.5) is 0 Å². The van der Waals surface area contributed by atoms with Gasteiger partial charge in [0.2, 0.25) is 6.41 Å². The summed E-state index contributed by atoms with van der Waals surface area (Å²) in [5.74, 6) is 0. The molecule has 2 rings (SSSR count). The highest BCUT2D eigenvalue weighted by molar-refractivity contribution is 5.47. The number of piperazine rings is 1. The number of epoxide rings is 1. The predicted octanol–water partition coefficient (Wildman–Crippen LogP) is -0.841. The maximum Gasteiger partial charge on any atom is 0.209 e. The first-order valence-corrected chi connectivity index (χ1v) is 4.42. The average Bonchev–Trinajstić information content (AvgIpc) is 2.90. The molecule has 4 nitrogen and oxygen atoms in total. The zero-order valence-electron chi connectivity index (χ0n) is 7.11. The number of carbonyl (C=O) groups is 1. The van der Waals surface area contributed by atoms with Crippen LogP contribution in [0.1, 0.15) is 0 Å². The van der Waals surface area contributed by atoms with Crippen LogP contribution in [0.2, 0.25) is 0 Å². The highest BCUT2D eigenvalue weighted by Gasteiger charge is 2.26. The molecule has 0 aromatic rings. The van der Waals surface area contributed by atoms with Gasteiger partial charge in [-0.05, 0) is 0 Å². The molecule has 0 aromatic heterocycles. The zero-order valence-corrected chi connectivity index (χ0v) is 7.11. The SMILES string of the molecule is O=CN1CCN(C[C@H]2CO2)CC1. The van der Waals surface area contributed by atoms with Crippen LogP contribution < -0.4 is 0 Å². The van der Waals surface area contributed by atoms with Crippen molar-refractivity contribution in [1.29, 1.82) is 0 Å². The second kappa shape index (κ2) is 3.41. The van der Waals surface area contributed by atoms with Crippen molar-refractivity contribution in [2.45, 2.75) is 6.10 Å². The van der Waals surface area contributed by atoms with E-state index < -0.39 is 0 Å². The number of ether oxygens (including phenoxy) is 1. The second-order valence-corrected chi connectivity index (χ2v) is 3.40. The first kappa shape index (κ1) is 8.01. The molecule has 2 saturated heterocycles. The molecule has 0 aliphatic carbocycles. The molecule has 0 radical (unpaired) electrons. The molecular weight excluding hydrogens is 156 g/mol. The summed E-state index contributed by atoms with van der Waals surface area (Å²) in [4.78, 5) is 14.6. The van der Waals surface area contributed by atoms with Crippen LogP contribution in [0, 0.1) is 0 Å². The smallest absolute Gasteiger partial charge is 0.209 e. The fourth-order valence-corrected chi connectivity index (χ4v) is 1.51. The molecule has 1 amide bonds. The van der Waals surface area contributed by atoms with Crippen molar-refractivity contribution in [2.75, 3.05) is 39.3 Å². The van der Waals surface area contributed by atoms with Gasteiger partial charge in [-0.25, -0.2) is 0 Å². The monoisotopic (exact) mass is 170 g/mol. The van der Waals surface area contributed by atoms with Gasteiger partial charge >= 0.3 is 0 Å². The van der Waals surface area contributed by atoms with E-state index in [-0.39, 0.29) is 0 Å². The molecule has 0 spiro atoms. The van der Waals surface area contributed by atoms with E-state index in [0.29, 0.717) is 6.10 Å². The third kappa shape index (κ3) is 1.95. The van der Waals surface area contributed by atoms with E-state index in [4.69, 9.17) is 4.74 Å². The molecule has 68 valence electrons. The van der Waals surface area contributed by atoms with Gasteiger partial charge in [-0.15, -0.1) is 0 Å². The Morgan fingerprint density at radius 2 is 2.00 bits per heavy atom. The molecule has 0 N–H and O–H groups in total. The number of nitrogens with zero attached hydrogens (tertiary/aromatic N) is 2. The van der Waals surface area contributed by atoms with Gasteiger partial charge in [0.1, 0.15) is 0 Å². The Morgan fingerprint density at radius 1 is 1.33 bits per heavy atom.